The van der Waals surface area contributed by atoms with Crippen LogP contribution in [0.15, 0.2) is 40.3 Å². The number of nitrogens with zero attached hydrogens (tertiary/aromatic N) is 1. The summed E-state index contributed by atoms with van der Waals surface area (Å²) in [6, 6.07) is 5.63. The molecule has 2 aromatic rings. The second kappa shape index (κ2) is 7.20. The van der Waals surface area contributed by atoms with Gasteiger partial charge in [-0.05, 0) is 23.8 Å². The minimum atomic E-state index is 0.0327. The average Bonchev–Trinajstić information content (AvgIpc) is 3.12. The zero-order valence-electron chi connectivity index (χ0n) is 11.8. The van der Waals surface area contributed by atoms with Gasteiger partial charge in [0, 0.05) is 12.5 Å². The maximum atomic E-state index is 12.0. The van der Waals surface area contributed by atoms with E-state index in [1.165, 1.54) is 0 Å². The molecule has 1 atom stereocenters. The molecule has 0 N–H and O–H groups in total. The molecule has 3 nitrogen and oxygen atoms in total. The predicted molar refractivity (Wildman–Crippen MR) is 82.0 cm³/mol. The lowest BCUT2D eigenvalue weighted by Crippen LogP contribution is -1.98. The van der Waals surface area contributed by atoms with Crippen LogP contribution >= 0.6 is 11.3 Å². The third-order valence-corrected chi connectivity index (χ3v) is 4.09. The van der Waals surface area contributed by atoms with Crippen molar-refractivity contribution in [3.8, 4) is 10.6 Å². The van der Waals surface area contributed by atoms with Gasteiger partial charge in [-0.25, -0.2) is 0 Å². The molecule has 20 heavy (non-hydrogen) atoms. The van der Waals surface area contributed by atoms with Crippen LogP contribution in [0.3, 0.4) is 0 Å². The van der Waals surface area contributed by atoms with E-state index in [4.69, 9.17) is 4.52 Å². The van der Waals surface area contributed by atoms with E-state index < -0.39 is 0 Å². The predicted octanol–water partition coefficient (Wildman–Crippen LogP) is 4.97. The van der Waals surface area contributed by atoms with Gasteiger partial charge >= 0.3 is 0 Å². The zero-order valence-corrected chi connectivity index (χ0v) is 12.7. The average molecular weight is 289 g/mol. The first-order valence-corrected chi connectivity index (χ1v) is 7.79. The number of carbonyl (C=O) groups excluding carboxylic acids is 1. The van der Waals surface area contributed by atoms with E-state index in [2.05, 4.69) is 31.2 Å². The molecule has 0 saturated carbocycles. The van der Waals surface area contributed by atoms with Gasteiger partial charge in [0.25, 0.3) is 0 Å². The van der Waals surface area contributed by atoms with Gasteiger partial charge in [-0.3, -0.25) is 4.79 Å². The van der Waals surface area contributed by atoms with Crippen molar-refractivity contribution in [2.24, 2.45) is 5.92 Å². The first-order valence-electron chi connectivity index (χ1n) is 6.91. The number of aromatic nitrogens is 1. The third-order valence-electron chi connectivity index (χ3n) is 3.21. The van der Waals surface area contributed by atoms with Gasteiger partial charge in [0.2, 0.25) is 0 Å². The van der Waals surface area contributed by atoms with E-state index in [1.54, 1.807) is 17.4 Å². The van der Waals surface area contributed by atoms with Crippen LogP contribution in [0.4, 0.5) is 0 Å². The molecule has 0 bridgehead atoms. The highest BCUT2D eigenvalue weighted by Crippen LogP contribution is 2.25. The molecule has 0 aliphatic carbocycles. The summed E-state index contributed by atoms with van der Waals surface area (Å²) < 4.78 is 5.21. The maximum absolute atomic E-state index is 12.0. The van der Waals surface area contributed by atoms with E-state index >= 15 is 0 Å². The van der Waals surface area contributed by atoms with Crippen LogP contribution in [0.25, 0.3) is 10.6 Å². The normalized spacial score (nSPS) is 12.9. The van der Waals surface area contributed by atoms with Crippen molar-refractivity contribution in [3.63, 3.8) is 0 Å². The summed E-state index contributed by atoms with van der Waals surface area (Å²) in [6.07, 6.45) is 6.59. The molecule has 4 heteroatoms. The van der Waals surface area contributed by atoms with E-state index in [0.29, 0.717) is 23.8 Å². The minimum Gasteiger partial charge on any atom is -0.355 e. The van der Waals surface area contributed by atoms with Crippen LogP contribution in [0.1, 0.15) is 43.6 Å². The van der Waals surface area contributed by atoms with Gasteiger partial charge < -0.3 is 4.52 Å². The molecule has 106 valence electrons. The number of Topliss-reactive ketones (excluding diaryl/α,β-unsaturated/α-hetero) is 1. The molecule has 0 aliphatic heterocycles. The monoisotopic (exact) mass is 289 g/mol. The Bertz CT molecular complexity index is 569. The highest BCUT2D eigenvalue weighted by Gasteiger charge is 2.13. The Morgan fingerprint density at radius 2 is 2.40 bits per heavy atom. The number of hydrogen-bond donors (Lipinski definition) is 0. The van der Waals surface area contributed by atoms with Crippen LogP contribution in [-0.4, -0.2) is 10.9 Å². The molecule has 0 radical (unpaired) electrons. The van der Waals surface area contributed by atoms with Crippen molar-refractivity contribution in [2.75, 3.05) is 0 Å². The van der Waals surface area contributed by atoms with Gasteiger partial charge in [0.1, 0.15) is 5.69 Å². The third kappa shape index (κ3) is 3.90. The van der Waals surface area contributed by atoms with E-state index in [0.717, 1.165) is 17.7 Å². The summed E-state index contributed by atoms with van der Waals surface area (Å²) in [6.45, 7) is 4.32. The Morgan fingerprint density at radius 1 is 1.55 bits per heavy atom. The standard InChI is InChI=1S/C16H19NO2S/c1-3-12(2)7-4-5-8-14(18)13-11-15(19-17-13)16-9-6-10-20-16/h4,6-7,9-12H,3,5,8H2,1-2H3/b7-4+. The molecule has 2 rings (SSSR count). The number of carbonyl (C=O) groups is 1. The number of rotatable bonds is 7. The van der Waals surface area contributed by atoms with Gasteiger partial charge in [0.15, 0.2) is 11.5 Å². The quantitative estimate of drug-likeness (QED) is 0.534. The van der Waals surface area contributed by atoms with Crippen molar-refractivity contribution in [1.82, 2.24) is 5.16 Å². The molecule has 0 fully saturated rings. The number of allylic oxidation sites excluding steroid dienone is 2. The van der Waals surface area contributed by atoms with Crippen LogP contribution in [0, 0.1) is 5.92 Å². The number of ketones is 1. The summed E-state index contributed by atoms with van der Waals surface area (Å²) in [5.41, 5.74) is 0.422. The Balaban J connectivity index is 1.89. The lowest BCUT2D eigenvalue weighted by Gasteiger charge is -1.98. The molecular formula is C16H19NO2S. The first kappa shape index (κ1) is 14.7. The van der Waals surface area contributed by atoms with Crippen molar-refractivity contribution in [2.45, 2.75) is 33.1 Å². The molecule has 2 aromatic heterocycles. The van der Waals surface area contributed by atoms with Crippen molar-refractivity contribution < 1.29 is 9.32 Å². The summed E-state index contributed by atoms with van der Waals surface area (Å²) in [5, 5.41) is 5.83. The summed E-state index contributed by atoms with van der Waals surface area (Å²) in [4.78, 5) is 13.0. The van der Waals surface area contributed by atoms with Gasteiger partial charge in [0.05, 0.1) is 4.88 Å². The summed E-state index contributed by atoms with van der Waals surface area (Å²) >= 11 is 1.57. The molecule has 0 spiro atoms. The zero-order chi connectivity index (χ0) is 14.4. The Hall–Kier alpha value is -1.68. The van der Waals surface area contributed by atoms with Crippen molar-refractivity contribution in [3.05, 3.63) is 41.4 Å². The molecular weight excluding hydrogens is 270 g/mol. The molecule has 2 heterocycles. The molecule has 0 saturated heterocycles. The fourth-order valence-electron chi connectivity index (χ4n) is 1.75. The smallest absolute Gasteiger partial charge is 0.185 e. The van der Waals surface area contributed by atoms with Crippen molar-refractivity contribution >= 4 is 17.1 Å². The largest absolute Gasteiger partial charge is 0.355 e. The van der Waals surface area contributed by atoms with Crippen LogP contribution in [0.2, 0.25) is 0 Å². The van der Waals surface area contributed by atoms with Gasteiger partial charge in [-0.15, -0.1) is 11.3 Å². The Labute approximate surface area is 123 Å². The van der Waals surface area contributed by atoms with E-state index in [-0.39, 0.29) is 5.78 Å². The summed E-state index contributed by atoms with van der Waals surface area (Å²) in [7, 11) is 0. The Morgan fingerprint density at radius 3 is 3.10 bits per heavy atom. The molecule has 0 aromatic carbocycles. The molecule has 1 unspecified atom stereocenters. The fraction of sp³-hybridized carbons (Fsp3) is 0.375. The van der Waals surface area contributed by atoms with E-state index in [9.17, 15) is 4.79 Å². The fourth-order valence-corrected chi connectivity index (χ4v) is 2.42. The van der Waals surface area contributed by atoms with Crippen molar-refractivity contribution in [1.29, 1.82) is 0 Å². The maximum Gasteiger partial charge on any atom is 0.185 e. The van der Waals surface area contributed by atoms with Crippen LogP contribution in [0.5, 0.6) is 0 Å². The SMILES string of the molecule is CCC(C)/C=C/CCC(=O)c1cc(-c2cccs2)on1. The highest BCUT2D eigenvalue weighted by atomic mass is 32.1. The van der Waals surface area contributed by atoms with Crippen LogP contribution in [-0.2, 0) is 0 Å². The second-order valence-electron chi connectivity index (χ2n) is 4.83. The number of hydrogen-bond acceptors (Lipinski definition) is 4. The lowest BCUT2D eigenvalue weighted by atomic mass is 10.1. The molecule has 0 amide bonds. The minimum absolute atomic E-state index is 0.0327. The van der Waals surface area contributed by atoms with Gasteiger partial charge in [-0.1, -0.05) is 43.6 Å². The molecule has 0 aliphatic rings. The highest BCUT2D eigenvalue weighted by molar-refractivity contribution is 7.13. The Kier molecular flexibility index (Phi) is 5.30. The van der Waals surface area contributed by atoms with Crippen LogP contribution < -0.4 is 0 Å². The number of thiophene rings is 1. The van der Waals surface area contributed by atoms with E-state index in [1.807, 2.05) is 17.5 Å². The second-order valence-corrected chi connectivity index (χ2v) is 5.78. The lowest BCUT2D eigenvalue weighted by molar-refractivity contribution is 0.0975. The van der Waals surface area contributed by atoms with Gasteiger partial charge in [-0.2, -0.15) is 0 Å². The summed E-state index contributed by atoms with van der Waals surface area (Å²) in [5.74, 6) is 1.27. The first-order chi connectivity index (χ1) is 9.70. The topological polar surface area (TPSA) is 43.1 Å².